The third-order valence-electron chi connectivity index (χ3n) is 5.65. The molecule has 1 aromatic heterocycles. The maximum atomic E-state index is 12.9. The van der Waals surface area contributed by atoms with Gasteiger partial charge in [-0.2, -0.15) is 5.10 Å². The highest BCUT2D eigenvalue weighted by molar-refractivity contribution is 6.03. The maximum absolute atomic E-state index is 12.9. The first-order valence-corrected chi connectivity index (χ1v) is 11.5. The summed E-state index contributed by atoms with van der Waals surface area (Å²) in [5, 5.41) is 9.92. The van der Waals surface area contributed by atoms with Crippen molar-refractivity contribution in [2.45, 2.75) is 39.2 Å². The molecule has 0 aliphatic carbocycles. The van der Waals surface area contributed by atoms with Gasteiger partial charge in [0.2, 0.25) is 0 Å². The third kappa shape index (κ3) is 5.31. The van der Waals surface area contributed by atoms with Crippen molar-refractivity contribution in [2.75, 3.05) is 11.9 Å². The van der Waals surface area contributed by atoms with Crippen molar-refractivity contribution in [3.8, 4) is 0 Å². The molecule has 0 unspecified atom stereocenters. The standard InChI is InChI=1S/C27H27N3O4/c1-2-3-4-9-16-30-26(32)23-13-8-7-12-22(23)25(29-30)27(33)34-18-24(31)28-21-15-14-19-10-5-6-11-20(19)17-21/h5-8,10-15,17H,2-4,9,16,18H2,1H3,(H,28,31). The van der Waals surface area contributed by atoms with E-state index in [1.807, 2.05) is 36.4 Å². The first kappa shape index (κ1) is 23.2. The molecule has 0 saturated heterocycles. The fourth-order valence-electron chi connectivity index (χ4n) is 3.89. The zero-order valence-corrected chi connectivity index (χ0v) is 19.1. The molecule has 1 N–H and O–H groups in total. The zero-order chi connectivity index (χ0) is 23.9. The molecule has 1 heterocycles. The molecule has 0 aliphatic rings. The van der Waals surface area contributed by atoms with Crippen molar-refractivity contribution in [1.29, 1.82) is 0 Å². The summed E-state index contributed by atoms with van der Waals surface area (Å²) in [6, 6.07) is 20.2. The monoisotopic (exact) mass is 457 g/mol. The highest BCUT2D eigenvalue weighted by Crippen LogP contribution is 2.19. The molecule has 0 fully saturated rings. The smallest absolute Gasteiger partial charge is 0.359 e. The number of carbonyl (C=O) groups is 2. The van der Waals surface area contributed by atoms with E-state index >= 15 is 0 Å². The molecule has 0 atom stereocenters. The number of fused-ring (bicyclic) bond motifs is 2. The van der Waals surface area contributed by atoms with Crippen LogP contribution in [0.15, 0.2) is 71.5 Å². The van der Waals surface area contributed by atoms with Crippen LogP contribution in [0.2, 0.25) is 0 Å². The Morgan fingerprint density at radius 3 is 2.44 bits per heavy atom. The molecule has 3 aromatic carbocycles. The lowest BCUT2D eigenvalue weighted by Gasteiger charge is -2.11. The van der Waals surface area contributed by atoms with Crippen molar-refractivity contribution in [3.63, 3.8) is 0 Å². The van der Waals surface area contributed by atoms with Crippen molar-refractivity contribution >= 4 is 39.1 Å². The van der Waals surface area contributed by atoms with Gasteiger partial charge in [-0.1, -0.05) is 74.7 Å². The lowest BCUT2D eigenvalue weighted by atomic mass is 10.1. The fourth-order valence-corrected chi connectivity index (χ4v) is 3.89. The van der Waals surface area contributed by atoms with Gasteiger partial charge in [-0.05, 0) is 35.4 Å². The molecule has 7 nitrogen and oxygen atoms in total. The molecule has 7 heteroatoms. The highest BCUT2D eigenvalue weighted by atomic mass is 16.5. The third-order valence-corrected chi connectivity index (χ3v) is 5.65. The largest absolute Gasteiger partial charge is 0.451 e. The van der Waals surface area contributed by atoms with Crippen molar-refractivity contribution in [3.05, 3.63) is 82.8 Å². The van der Waals surface area contributed by atoms with Crippen LogP contribution in [-0.4, -0.2) is 28.3 Å². The number of esters is 1. The molecule has 4 rings (SSSR count). The van der Waals surface area contributed by atoms with Gasteiger partial charge in [0.25, 0.3) is 11.5 Å². The fraction of sp³-hybridized carbons (Fsp3) is 0.259. The number of benzene rings is 3. The number of hydrogen-bond donors (Lipinski definition) is 1. The minimum atomic E-state index is -0.743. The molecule has 34 heavy (non-hydrogen) atoms. The second-order valence-corrected chi connectivity index (χ2v) is 8.17. The number of unbranched alkanes of at least 4 members (excludes halogenated alkanes) is 3. The van der Waals surface area contributed by atoms with Crippen LogP contribution in [0, 0.1) is 0 Å². The minimum absolute atomic E-state index is 0.0317. The lowest BCUT2D eigenvalue weighted by Crippen LogP contribution is -2.28. The van der Waals surface area contributed by atoms with E-state index in [2.05, 4.69) is 17.3 Å². The Balaban J connectivity index is 1.47. The minimum Gasteiger partial charge on any atom is -0.451 e. The molecule has 0 saturated carbocycles. The average Bonchev–Trinajstić information content (AvgIpc) is 2.86. The van der Waals surface area contributed by atoms with Crippen LogP contribution in [-0.2, 0) is 16.1 Å². The van der Waals surface area contributed by atoms with Gasteiger partial charge in [-0.25, -0.2) is 9.48 Å². The Hall–Kier alpha value is -4.00. The van der Waals surface area contributed by atoms with Crippen molar-refractivity contribution in [2.24, 2.45) is 0 Å². The van der Waals surface area contributed by atoms with Gasteiger partial charge in [0.05, 0.1) is 5.39 Å². The van der Waals surface area contributed by atoms with Crippen LogP contribution in [0.4, 0.5) is 5.69 Å². The summed E-state index contributed by atoms with van der Waals surface area (Å²) < 4.78 is 6.59. The van der Waals surface area contributed by atoms with Crippen LogP contribution < -0.4 is 10.9 Å². The number of carbonyl (C=O) groups excluding carboxylic acids is 2. The Morgan fingerprint density at radius 2 is 1.65 bits per heavy atom. The van der Waals surface area contributed by atoms with Crippen LogP contribution in [0.1, 0.15) is 43.1 Å². The first-order valence-electron chi connectivity index (χ1n) is 11.5. The van der Waals surface area contributed by atoms with Crippen molar-refractivity contribution in [1.82, 2.24) is 9.78 Å². The molecule has 0 bridgehead atoms. The number of aromatic nitrogens is 2. The number of nitrogens with one attached hydrogen (secondary N) is 1. The number of hydrogen-bond acceptors (Lipinski definition) is 5. The SMILES string of the molecule is CCCCCCn1nc(C(=O)OCC(=O)Nc2ccc3ccccc3c2)c2ccccc2c1=O. The first-order chi connectivity index (χ1) is 16.6. The summed E-state index contributed by atoms with van der Waals surface area (Å²) in [6.45, 7) is 2.08. The van der Waals surface area contributed by atoms with E-state index in [0.717, 1.165) is 36.5 Å². The molecule has 4 aromatic rings. The van der Waals surface area contributed by atoms with E-state index in [9.17, 15) is 14.4 Å². The molecular weight excluding hydrogens is 430 g/mol. The summed E-state index contributed by atoms with van der Waals surface area (Å²) in [5.74, 6) is -1.20. The van der Waals surface area contributed by atoms with Crippen LogP contribution >= 0.6 is 0 Å². The second kappa shape index (κ2) is 10.7. The van der Waals surface area contributed by atoms with E-state index in [-0.39, 0.29) is 11.3 Å². The number of aryl methyl sites for hydroxylation is 1. The van der Waals surface area contributed by atoms with Crippen LogP contribution in [0.25, 0.3) is 21.5 Å². The van der Waals surface area contributed by atoms with Crippen LogP contribution in [0.3, 0.4) is 0 Å². The summed E-state index contributed by atoms with van der Waals surface area (Å²) >= 11 is 0. The second-order valence-electron chi connectivity index (χ2n) is 8.17. The Kier molecular flexibility index (Phi) is 7.32. The summed E-state index contributed by atoms with van der Waals surface area (Å²) in [6.07, 6.45) is 3.93. The number of nitrogens with zero attached hydrogens (tertiary/aromatic N) is 2. The topological polar surface area (TPSA) is 90.3 Å². The summed E-state index contributed by atoms with van der Waals surface area (Å²) in [7, 11) is 0. The van der Waals surface area contributed by atoms with E-state index in [1.165, 1.54) is 4.68 Å². The Morgan fingerprint density at radius 1 is 0.912 bits per heavy atom. The number of ether oxygens (including phenoxy) is 1. The van der Waals surface area contributed by atoms with Gasteiger partial charge in [-0.3, -0.25) is 9.59 Å². The van der Waals surface area contributed by atoms with E-state index < -0.39 is 18.5 Å². The maximum Gasteiger partial charge on any atom is 0.359 e. The normalized spacial score (nSPS) is 11.0. The van der Waals surface area contributed by atoms with Gasteiger partial charge in [0.1, 0.15) is 0 Å². The predicted molar refractivity (Wildman–Crippen MR) is 133 cm³/mol. The highest BCUT2D eigenvalue weighted by Gasteiger charge is 2.19. The number of rotatable bonds is 9. The molecule has 174 valence electrons. The molecule has 0 spiro atoms. The molecular formula is C27H27N3O4. The van der Waals surface area contributed by atoms with Crippen LogP contribution in [0.5, 0.6) is 0 Å². The van der Waals surface area contributed by atoms with Gasteiger partial charge >= 0.3 is 5.97 Å². The quantitative estimate of drug-likeness (QED) is 0.284. The zero-order valence-electron chi connectivity index (χ0n) is 19.1. The molecule has 0 aliphatic heterocycles. The summed E-state index contributed by atoms with van der Waals surface area (Å²) in [5.41, 5.74) is 0.408. The average molecular weight is 458 g/mol. The van der Waals surface area contributed by atoms with Gasteiger partial charge < -0.3 is 10.1 Å². The van der Waals surface area contributed by atoms with Gasteiger partial charge in [0.15, 0.2) is 12.3 Å². The molecule has 1 amide bonds. The predicted octanol–water partition coefficient (Wildman–Crippen LogP) is 4.93. The number of amides is 1. The molecule has 0 radical (unpaired) electrons. The van der Waals surface area contributed by atoms with Crippen molar-refractivity contribution < 1.29 is 14.3 Å². The number of anilines is 1. The van der Waals surface area contributed by atoms with E-state index in [1.54, 1.807) is 30.3 Å². The summed E-state index contributed by atoms with van der Waals surface area (Å²) in [4.78, 5) is 38.1. The Bertz CT molecular complexity index is 1390. The lowest BCUT2D eigenvalue weighted by molar-refractivity contribution is -0.119. The van der Waals surface area contributed by atoms with Gasteiger partial charge in [0, 0.05) is 17.6 Å². The van der Waals surface area contributed by atoms with Gasteiger partial charge in [-0.15, -0.1) is 0 Å². The van der Waals surface area contributed by atoms with E-state index in [0.29, 0.717) is 23.0 Å². The Labute approximate surface area is 197 Å². The van der Waals surface area contributed by atoms with E-state index in [4.69, 9.17) is 4.74 Å².